The Hall–Kier alpha value is -0.610. The first kappa shape index (κ1) is 12.5. The van der Waals surface area contributed by atoms with Gasteiger partial charge in [0.1, 0.15) is 0 Å². The van der Waals surface area contributed by atoms with Crippen molar-refractivity contribution in [3.63, 3.8) is 0 Å². The Morgan fingerprint density at radius 1 is 1.53 bits per heavy atom. The first-order valence-corrected chi connectivity index (χ1v) is 5.58. The van der Waals surface area contributed by atoms with Crippen LogP contribution in [0, 0.1) is 5.92 Å². The minimum atomic E-state index is -0.718. The second kappa shape index (κ2) is 5.47. The summed E-state index contributed by atoms with van der Waals surface area (Å²) in [6.07, 6.45) is 0.674. The van der Waals surface area contributed by atoms with Crippen molar-refractivity contribution in [3.05, 3.63) is 0 Å². The minimum Gasteiger partial charge on any atom is -0.481 e. The molecule has 0 aromatic heterocycles. The van der Waals surface area contributed by atoms with Gasteiger partial charge in [-0.15, -0.1) is 0 Å². The van der Waals surface area contributed by atoms with Gasteiger partial charge in [-0.3, -0.25) is 9.69 Å². The monoisotopic (exact) mass is 215 g/mol. The maximum Gasteiger partial charge on any atom is 0.306 e. The molecule has 4 heteroatoms. The molecular weight excluding hydrogens is 194 g/mol. The van der Waals surface area contributed by atoms with E-state index >= 15 is 0 Å². The van der Waals surface area contributed by atoms with E-state index in [1.54, 1.807) is 6.92 Å². The fourth-order valence-corrected chi connectivity index (χ4v) is 2.06. The Balaban J connectivity index is 2.53. The molecule has 1 heterocycles. The molecule has 1 aliphatic rings. The number of rotatable bonds is 4. The highest BCUT2D eigenvalue weighted by Crippen LogP contribution is 2.18. The van der Waals surface area contributed by atoms with E-state index < -0.39 is 5.97 Å². The molecule has 2 unspecified atom stereocenters. The summed E-state index contributed by atoms with van der Waals surface area (Å²) in [6, 6.07) is 0.713. The Kier molecular flexibility index (Phi) is 4.54. The van der Waals surface area contributed by atoms with E-state index in [0.717, 1.165) is 13.2 Å². The molecule has 2 atom stereocenters. The lowest BCUT2D eigenvalue weighted by Crippen LogP contribution is -2.49. The van der Waals surface area contributed by atoms with E-state index in [1.807, 2.05) is 0 Å². The summed E-state index contributed by atoms with van der Waals surface area (Å²) in [5.74, 6) is -1.01. The standard InChI is InChI=1S/C11H21NO3/c1-8(2)12-4-5-15-7-10(12)6-9(3)11(13)14/h8-10H,4-7H2,1-3H3,(H,13,14). The number of carbonyl (C=O) groups is 1. The molecule has 0 aromatic carbocycles. The molecule has 0 radical (unpaired) electrons. The summed E-state index contributed by atoms with van der Waals surface area (Å²) in [5, 5.41) is 8.88. The van der Waals surface area contributed by atoms with Gasteiger partial charge in [-0.2, -0.15) is 0 Å². The molecule has 0 aromatic rings. The minimum absolute atomic E-state index is 0.254. The molecule has 1 aliphatic heterocycles. The number of hydrogen-bond donors (Lipinski definition) is 1. The smallest absolute Gasteiger partial charge is 0.306 e. The number of carboxylic acids is 1. The number of carboxylic acid groups (broad SMARTS) is 1. The van der Waals surface area contributed by atoms with Crippen LogP contribution < -0.4 is 0 Å². The van der Waals surface area contributed by atoms with Crippen LogP contribution in [0.4, 0.5) is 0 Å². The molecule has 0 bridgehead atoms. The third kappa shape index (κ3) is 3.47. The largest absolute Gasteiger partial charge is 0.481 e. The third-order valence-electron chi connectivity index (χ3n) is 2.98. The van der Waals surface area contributed by atoms with E-state index in [9.17, 15) is 4.79 Å². The fourth-order valence-electron chi connectivity index (χ4n) is 2.06. The second-order valence-corrected chi connectivity index (χ2v) is 4.54. The topological polar surface area (TPSA) is 49.8 Å². The highest BCUT2D eigenvalue weighted by Gasteiger charge is 2.28. The summed E-state index contributed by atoms with van der Waals surface area (Å²) in [4.78, 5) is 13.1. The predicted molar refractivity (Wildman–Crippen MR) is 57.9 cm³/mol. The van der Waals surface area contributed by atoms with Crippen LogP contribution >= 0.6 is 0 Å². The molecular formula is C11H21NO3. The average molecular weight is 215 g/mol. The number of nitrogens with zero attached hydrogens (tertiary/aromatic N) is 1. The summed E-state index contributed by atoms with van der Waals surface area (Å²) in [5.41, 5.74) is 0. The number of morpholine rings is 1. The SMILES string of the molecule is CC(CC1COCCN1C(C)C)C(=O)O. The zero-order valence-electron chi connectivity index (χ0n) is 9.77. The maximum atomic E-state index is 10.8. The lowest BCUT2D eigenvalue weighted by atomic mass is 9.99. The molecule has 1 fully saturated rings. The predicted octanol–water partition coefficient (Wildman–Crippen LogP) is 1.21. The molecule has 0 spiro atoms. The Morgan fingerprint density at radius 2 is 2.20 bits per heavy atom. The van der Waals surface area contributed by atoms with Gasteiger partial charge in [0.2, 0.25) is 0 Å². The summed E-state index contributed by atoms with van der Waals surface area (Å²) >= 11 is 0. The molecule has 1 saturated heterocycles. The molecule has 0 amide bonds. The van der Waals surface area contributed by atoms with Crippen LogP contribution in [0.3, 0.4) is 0 Å². The van der Waals surface area contributed by atoms with E-state index in [0.29, 0.717) is 19.1 Å². The van der Waals surface area contributed by atoms with Crippen LogP contribution in [-0.4, -0.2) is 47.8 Å². The van der Waals surface area contributed by atoms with Gasteiger partial charge in [-0.1, -0.05) is 6.92 Å². The molecule has 88 valence electrons. The van der Waals surface area contributed by atoms with Crippen LogP contribution in [0.2, 0.25) is 0 Å². The van der Waals surface area contributed by atoms with Crippen molar-refractivity contribution in [2.45, 2.75) is 39.3 Å². The lowest BCUT2D eigenvalue weighted by Gasteiger charge is -2.39. The first-order valence-electron chi connectivity index (χ1n) is 5.58. The van der Waals surface area contributed by atoms with Gasteiger partial charge < -0.3 is 9.84 Å². The van der Waals surface area contributed by atoms with E-state index in [-0.39, 0.29) is 12.0 Å². The van der Waals surface area contributed by atoms with Crippen molar-refractivity contribution < 1.29 is 14.6 Å². The molecule has 4 nitrogen and oxygen atoms in total. The van der Waals surface area contributed by atoms with Gasteiger partial charge in [0.25, 0.3) is 0 Å². The summed E-state index contributed by atoms with van der Waals surface area (Å²) in [7, 11) is 0. The van der Waals surface area contributed by atoms with E-state index in [4.69, 9.17) is 9.84 Å². The van der Waals surface area contributed by atoms with Crippen molar-refractivity contribution in [2.75, 3.05) is 19.8 Å². The molecule has 1 N–H and O–H groups in total. The summed E-state index contributed by atoms with van der Waals surface area (Å²) < 4.78 is 5.41. The van der Waals surface area contributed by atoms with Gasteiger partial charge in [0.15, 0.2) is 0 Å². The van der Waals surface area contributed by atoms with Gasteiger partial charge in [0, 0.05) is 18.6 Å². The highest BCUT2D eigenvalue weighted by atomic mass is 16.5. The number of aliphatic carboxylic acids is 1. The van der Waals surface area contributed by atoms with Gasteiger partial charge in [-0.05, 0) is 20.3 Å². The molecule has 1 rings (SSSR count). The van der Waals surface area contributed by atoms with Crippen LogP contribution in [-0.2, 0) is 9.53 Å². The van der Waals surface area contributed by atoms with Gasteiger partial charge in [-0.25, -0.2) is 0 Å². The highest BCUT2D eigenvalue weighted by molar-refractivity contribution is 5.69. The summed E-state index contributed by atoms with van der Waals surface area (Å²) in [6.45, 7) is 8.38. The van der Waals surface area contributed by atoms with Crippen molar-refractivity contribution in [1.82, 2.24) is 4.90 Å². The van der Waals surface area contributed by atoms with Gasteiger partial charge in [0.05, 0.1) is 19.1 Å². The van der Waals surface area contributed by atoms with Gasteiger partial charge >= 0.3 is 5.97 Å². The van der Waals surface area contributed by atoms with Crippen molar-refractivity contribution >= 4 is 5.97 Å². The van der Waals surface area contributed by atoms with Crippen molar-refractivity contribution in [2.24, 2.45) is 5.92 Å². The van der Waals surface area contributed by atoms with Crippen LogP contribution in [0.5, 0.6) is 0 Å². The molecule has 0 saturated carbocycles. The Morgan fingerprint density at radius 3 is 2.73 bits per heavy atom. The Labute approximate surface area is 91.2 Å². The lowest BCUT2D eigenvalue weighted by molar-refractivity contribution is -0.142. The van der Waals surface area contributed by atoms with Crippen molar-refractivity contribution in [3.8, 4) is 0 Å². The maximum absolute atomic E-state index is 10.8. The van der Waals surface area contributed by atoms with E-state index in [1.165, 1.54) is 0 Å². The van der Waals surface area contributed by atoms with Crippen LogP contribution in [0.25, 0.3) is 0 Å². The zero-order valence-corrected chi connectivity index (χ0v) is 9.77. The van der Waals surface area contributed by atoms with Crippen molar-refractivity contribution in [1.29, 1.82) is 0 Å². The number of hydrogen-bond acceptors (Lipinski definition) is 3. The van der Waals surface area contributed by atoms with Crippen LogP contribution in [0.1, 0.15) is 27.2 Å². The fraction of sp³-hybridized carbons (Fsp3) is 0.909. The quantitative estimate of drug-likeness (QED) is 0.765. The third-order valence-corrected chi connectivity index (χ3v) is 2.98. The zero-order chi connectivity index (χ0) is 11.4. The Bertz CT molecular complexity index is 218. The van der Waals surface area contributed by atoms with Crippen LogP contribution in [0.15, 0.2) is 0 Å². The normalized spacial score (nSPS) is 25.5. The number of ether oxygens (including phenoxy) is 1. The molecule has 15 heavy (non-hydrogen) atoms. The average Bonchev–Trinajstić information content (AvgIpc) is 2.18. The van der Waals surface area contributed by atoms with E-state index in [2.05, 4.69) is 18.7 Å². The molecule has 0 aliphatic carbocycles. The second-order valence-electron chi connectivity index (χ2n) is 4.54. The first-order chi connectivity index (χ1) is 7.02.